The van der Waals surface area contributed by atoms with E-state index < -0.39 is 5.60 Å². The van der Waals surface area contributed by atoms with Crippen molar-refractivity contribution in [2.75, 3.05) is 6.61 Å². The van der Waals surface area contributed by atoms with E-state index in [-0.39, 0.29) is 0 Å². The summed E-state index contributed by atoms with van der Waals surface area (Å²) in [4.78, 5) is 0. The molecule has 1 aliphatic carbocycles. The average Bonchev–Trinajstić information content (AvgIpc) is 2.41. The minimum Gasteiger partial charge on any atom is -0.493 e. The number of aliphatic hydroxyl groups is 1. The van der Waals surface area contributed by atoms with E-state index in [0.29, 0.717) is 12.0 Å². The molecule has 1 N–H and O–H groups in total. The number of rotatable bonds is 4. The second kappa shape index (κ2) is 5.54. The Bertz CT molecular complexity index is 413. The molecule has 1 aliphatic rings. The molecule has 0 radical (unpaired) electrons. The van der Waals surface area contributed by atoms with Crippen LogP contribution in [-0.2, 0) is 5.60 Å². The van der Waals surface area contributed by atoms with Crippen LogP contribution in [0.25, 0.3) is 0 Å². The summed E-state index contributed by atoms with van der Waals surface area (Å²) in [6.07, 6.45) is 4.76. The molecule has 1 aromatic rings. The quantitative estimate of drug-likeness (QED) is 0.878. The highest BCUT2D eigenvalue weighted by molar-refractivity contribution is 5.38. The van der Waals surface area contributed by atoms with Crippen molar-refractivity contribution in [3.8, 4) is 5.75 Å². The Kier molecular flexibility index (Phi) is 4.19. The lowest BCUT2D eigenvalue weighted by atomic mass is 9.68. The molecule has 0 atom stereocenters. The first-order chi connectivity index (χ1) is 8.97. The van der Waals surface area contributed by atoms with Gasteiger partial charge in [-0.2, -0.15) is 0 Å². The fourth-order valence-electron chi connectivity index (χ4n) is 2.80. The molecule has 0 amide bonds. The Labute approximate surface area is 116 Å². The first kappa shape index (κ1) is 14.4. The van der Waals surface area contributed by atoms with Crippen molar-refractivity contribution >= 4 is 0 Å². The fourth-order valence-corrected chi connectivity index (χ4v) is 2.80. The van der Waals surface area contributed by atoms with Gasteiger partial charge in [-0.3, -0.25) is 0 Å². The van der Waals surface area contributed by atoms with Crippen molar-refractivity contribution in [3.05, 3.63) is 29.8 Å². The van der Waals surface area contributed by atoms with Crippen LogP contribution >= 0.6 is 0 Å². The zero-order valence-electron chi connectivity index (χ0n) is 12.4. The van der Waals surface area contributed by atoms with Gasteiger partial charge in [-0.25, -0.2) is 0 Å². The van der Waals surface area contributed by atoms with Crippen molar-refractivity contribution in [1.82, 2.24) is 0 Å². The second-order valence-corrected chi connectivity index (χ2v) is 6.54. The molecule has 0 heterocycles. The zero-order chi connectivity index (χ0) is 13.9. The summed E-state index contributed by atoms with van der Waals surface area (Å²) in [5, 5.41) is 11.0. The number of hydrogen-bond donors (Lipinski definition) is 1. The van der Waals surface area contributed by atoms with E-state index in [9.17, 15) is 5.11 Å². The predicted octanol–water partition coefficient (Wildman–Crippen LogP) is 4.26. The average molecular weight is 262 g/mol. The fraction of sp³-hybridized carbons (Fsp3) is 0.647. The topological polar surface area (TPSA) is 29.5 Å². The summed E-state index contributed by atoms with van der Waals surface area (Å²) in [7, 11) is 0. The van der Waals surface area contributed by atoms with Crippen LogP contribution < -0.4 is 4.74 Å². The first-order valence-electron chi connectivity index (χ1n) is 7.42. The summed E-state index contributed by atoms with van der Waals surface area (Å²) in [6, 6.07) is 7.96. The second-order valence-electron chi connectivity index (χ2n) is 6.54. The van der Waals surface area contributed by atoms with Crippen molar-refractivity contribution < 1.29 is 9.84 Å². The molecule has 0 spiro atoms. The molecule has 0 bridgehead atoms. The molecule has 2 heteroatoms. The van der Waals surface area contributed by atoms with Gasteiger partial charge in [-0.1, -0.05) is 39.0 Å². The molecule has 2 nitrogen and oxygen atoms in total. The lowest BCUT2D eigenvalue weighted by molar-refractivity contribution is -0.0324. The van der Waals surface area contributed by atoms with Crippen LogP contribution in [0.15, 0.2) is 24.3 Å². The molecule has 19 heavy (non-hydrogen) atoms. The van der Waals surface area contributed by atoms with Crippen LogP contribution in [0, 0.1) is 5.41 Å². The summed E-state index contributed by atoms with van der Waals surface area (Å²) in [5.41, 5.74) is 0.615. The molecule has 0 aromatic heterocycles. The van der Waals surface area contributed by atoms with E-state index in [1.807, 2.05) is 24.3 Å². The van der Waals surface area contributed by atoms with Gasteiger partial charge in [0.1, 0.15) is 5.75 Å². The van der Waals surface area contributed by atoms with E-state index in [4.69, 9.17) is 4.74 Å². The van der Waals surface area contributed by atoms with E-state index >= 15 is 0 Å². The smallest absolute Gasteiger partial charge is 0.125 e. The lowest BCUT2D eigenvalue weighted by Crippen LogP contribution is -2.35. The standard InChI is InChI=1S/C17H26O2/c1-4-13-19-15-8-6-5-7-14(15)17(18)11-9-16(2,3)10-12-17/h5-8,18H,4,9-13H2,1-3H3. The van der Waals surface area contributed by atoms with Gasteiger partial charge in [0.15, 0.2) is 0 Å². The number of para-hydroxylation sites is 1. The van der Waals surface area contributed by atoms with Gasteiger partial charge in [-0.15, -0.1) is 0 Å². The molecule has 1 fully saturated rings. The van der Waals surface area contributed by atoms with Gasteiger partial charge >= 0.3 is 0 Å². The molecule has 0 saturated heterocycles. The molecular formula is C17H26O2. The van der Waals surface area contributed by atoms with Gasteiger partial charge in [0.25, 0.3) is 0 Å². The van der Waals surface area contributed by atoms with Crippen molar-refractivity contribution in [3.63, 3.8) is 0 Å². The highest BCUT2D eigenvalue weighted by Gasteiger charge is 2.39. The maximum Gasteiger partial charge on any atom is 0.125 e. The normalized spacial score (nSPS) is 21.1. The number of ether oxygens (including phenoxy) is 1. The zero-order valence-corrected chi connectivity index (χ0v) is 12.4. The predicted molar refractivity (Wildman–Crippen MR) is 78.4 cm³/mol. The summed E-state index contributed by atoms with van der Waals surface area (Å²) in [6.45, 7) is 7.37. The summed E-state index contributed by atoms with van der Waals surface area (Å²) < 4.78 is 5.80. The minimum absolute atomic E-state index is 0.353. The third-order valence-electron chi connectivity index (χ3n) is 4.28. The Morgan fingerprint density at radius 3 is 2.37 bits per heavy atom. The van der Waals surface area contributed by atoms with Gasteiger partial charge in [0.05, 0.1) is 12.2 Å². The van der Waals surface area contributed by atoms with E-state index in [0.717, 1.165) is 43.4 Å². The van der Waals surface area contributed by atoms with Crippen LogP contribution in [-0.4, -0.2) is 11.7 Å². The molecule has 0 aliphatic heterocycles. The Hall–Kier alpha value is -1.02. The maximum atomic E-state index is 11.0. The van der Waals surface area contributed by atoms with Crippen LogP contribution in [0.1, 0.15) is 58.4 Å². The highest BCUT2D eigenvalue weighted by atomic mass is 16.5. The van der Waals surface area contributed by atoms with Crippen LogP contribution in [0.2, 0.25) is 0 Å². The van der Waals surface area contributed by atoms with Crippen LogP contribution in [0.3, 0.4) is 0 Å². The van der Waals surface area contributed by atoms with Gasteiger partial charge in [0, 0.05) is 5.56 Å². The molecule has 1 saturated carbocycles. The Morgan fingerprint density at radius 1 is 1.11 bits per heavy atom. The molecular weight excluding hydrogens is 236 g/mol. The molecule has 0 unspecified atom stereocenters. The summed E-state index contributed by atoms with van der Waals surface area (Å²) in [5.74, 6) is 0.853. The van der Waals surface area contributed by atoms with Crippen molar-refractivity contribution in [2.24, 2.45) is 5.41 Å². The van der Waals surface area contributed by atoms with Gasteiger partial charge < -0.3 is 9.84 Å². The van der Waals surface area contributed by atoms with Gasteiger partial charge in [0.2, 0.25) is 0 Å². The highest BCUT2D eigenvalue weighted by Crippen LogP contribution is 2.47. The van der Waals surface area contributed by atoms with Gasteiger partial charge in [-0.05, 0) is 43.6 Å². The monoisotopic (exact) mass is 262 g/mol. The minimum atomic E-state index is -0.708. The molecule has 2 rings (SSSR count). The van der Waals surface area contributed by atoms with Crippen molar-refractivity contribution in [1.29, 1.82) is 0 Å². The summed E-state index contributed by atoms with van der Waals surface area (Å²) >= 11 is 0. The largest absolute Gasteiger partial charge is 0.493 e. The van der Waals surface area contributed by atoms with Crippen LogP contribution in [0.4, 0.5) is 0 Å². The van der Waals surface area contributed by atoms with E-state index in [2.05, 4.69) is 20.8 Å². The SMILES string of the molecule is CCCOc1ccccc1C1(O)CCC(C)(C)CC1. The number of benzene rings is 1. The van der Waals surface area contributed by atoms with Crippen molar-refractivity contribution in [2.45, 2.75) is 58.5 Å². The Morgan fingerprint density at radius 2 is 1.74 bits per heavy atom. The van der Waals surface area contributed by atoms with E-state index in [1.54, 1.807) is 0 Å². The molecule has 1 aromatic carbocycles. The first-order valence-corrected chi connectivity index (χ1v) is 7.42. The maximum absolute atomic E-state index is 11.0. The third-order valence-corrected chi connectivity index (χ3v) is 4.28. The van der Waals surface area contributed by atoms with Crippen LogP contribution in [0.5, 0.6) is 5.75 Å². The molecule has 106 valence electrons. The number of hydrogen-bond acceptors (Lipinski definition) is 2. The third kappa shape index (κ3) is 3.30. The Balaban J connectivity index is 2.21. The van der Waals surface area contributed by atoms with E-state index in [1.165, 1.54) is 0 Å². The lowest BCUT2D eigenvalue weighted by Gasteiger charge is -2.41.